The molecule has 0 bridgehead atoms. The normalized spacial score (nSPS) is 11.4. The number of hydrogen-bond donors (Lipinski definition) is 2. The Hall–Kier alpha value is -3.48. The lowest BCUT2D eigenvalue weighted by atomic mass is 10.2. The summed E-state index contributed by atoms with van der Waals surface area (Å²) in [7, 11) is 0. The van der Waals surface area contributed by atoms with Crippen molar-refractivity contribution in [2.75, 3.05) is 5.32 Å². The number of anilines is 1. The monoisotopic (exact) mass is 335 g/mol. The van der Waals surface area contributed by atoms with E-state index in [-0.39, 0.29) is 11.4 Å². The summed E-state index contributed by atoms with van der Waals surface area (Å²) in [6.07, 6.45) is 4.33. The highest BCUT2D eigenvalue weighted by Gasteiger charge is 2.16. The standard InChI is InChI=1S/C18H17N5O2/c1-11-8-12(2)22-17(21-11)14(9-19)18(24)23-13-5-6-15(20-10-13)16-4-3-7-25-16/h3-10H,19H2,1-2H3,(H,23,24). The lowest BCUT2D eigenvalue weighted by Crippen LogP contribution is -2.17. The van der Waals surface area contributed by atoms with Gasteiger partial charge >= 0.3 is 0 Å². The summed E-state index contributed by atoms with van der Waals surface area (Å²) >= 11 is 0. The number of hydrogen-bond acceptors (Lipinski definition) is 6. The van der Waals surface area contributed by atoms with Gasteiger partial charge in [-0.3, -0.25) is 9.78 Å². The van der Waals surface area contributed by atoms with Crippen LogP contribution in [0.1, 0.15) is 17.2 Å². The van der Waals surface area contributed by atoms with Crippen LogP contribution in [0.5, 0.6) is 0 Å². The second-order valence-electron chi connectivity index (χ2n) is 5.42. The first-order chi connectivity index (χ1) is 12.1. The second-order valence-corrected chi connectivity index (χ2v) is 5.42. The quantitative estimate of drug-likeness (QED) is 0.710. The molecule has 3 heterocycles. The van der Waals surface area contributed by atoms with Crippen LogP contribution in [-0.4, -0.2) is 20.9 Å². The fourth-order valence-electron chi connectivity index (χ4n) is 2.33. The minimum absolute atomic E-state index is 0.196. The maximum absolute atomic E-state index is 12.5. The molecule has 0 aliphatic rings. The van der Waals surface area contributed by atoms with Gasteiger partial charge in [0, 0.05) is 17.6 Å². The molecule has 0 unspecified atom stereocenters. The molecule has 0 radical (unpaired) electrons. The molecule has 3 aromatic rings. The molecule has 3 N–H and O–H groups in total. The molecule has 0 fully saturated rings. The Morgan fingerprint density at radius 1 is 1.20 bits per heavy atom. The molecule has 0 saturated carbocycles. The summed E-state index contributed by atoms with van der Waals surface area (Å²) in [5.41, 5.74) is 8.55. The number of nitrogens with zero attached hydrogens (tertiary/aromatic N) is 3. The van der Waals surface area contributed by atoms with Crippen molar-refractivity contribution in [1.29, 1.82) is 0 Å². The topological polar surface area (TPSA) is 107 Å². The van der Waals surface area contributed by atoms with E-state index in [0.29, 0.717) is 17.1 Å². The average Bonchev–Trinajstić information content (AvgIpc) is 3.10. The third-order valence-electron chi connectivity index (χ3n) is 3.43. The van der Waals surface area contributed by atoms with Crippen LogP contribution in [0, 0.1) is 13.8 Å². The van der Waals surface area contributed by atoms with Crippen LogP contribution < -0.4 is 11.1 Å². The van der Waals surface area contributed by atoms with E-state index in [9.17, 15) is 4.79 Å². The van der Waals surface area contributed by atoms with Crippen molar-refractivity contribution < 1.29 is 9.21 Å². The number of carbonyl (C=O) groups excluding carboxylic acids is 1. The summed E-state index contributed by atoms with van der Waals surface area (Å²) in [5.74, 6) is 0.543. The molecule has 0 saturated heterocycles. The molecule has 7 nitrogen and oxygen atoms in total. The van der Waals surface area contributed by atoms with Crippen LogP contribution in [0.25, 0.3) is 17.0 Å². The van der Waals surface area contributed by atoms with Gasteiger partial charge in [-0.05, 0) is 44.2 Å². The number of nitrogens with one attached hydrogen (secondary N) is 1. The van der Waals surface area contributed by atoms with Crippen molar-refractivity contribution in [3.8, 4) is 11.5 Å². The number of carbonyl (C=O) groups is 1. The Morgan fingerprint density at radius 2 is 1.96 bits per heavy atom. The minimum atomic E-state index is -0.403. The SMILES string of the molecule is Cc1cc(C)nc(C(=CN)C(=O)Nc2ccc(-c3ccco3)nc2)n1. The molecule has 3 aromatic heterocycles. The van der Waals surface area contributed by atoms with E-state index in [2.05, 4.69) is 20.3 Å². The van der Waals surface area contributed by atoms with Crippen LogP contribution in [-0.2, 0) is 4.79 Å². The fraction of sp³-hybridized carbons (Fsp3) is 0.111. The zero-order chi connectivity index (χ0) is 17.8. The molecule has 126 valence electrons. The van der Waals surface area contributed by atoms with Crippen molar-refractivity contribution in [3.05, 3.63) is 66.2 Å². The number of nitrogens with two attached hydrogens (primary N) is 1. The Balaban J connectivity index is 1.78. The Morgan fingerprint density at radius 3 is 2.52 bits per heavy atom. The highest BCUT2D eigenvalue weighted by Crippen LogP contribution is 2.19. The molecule has 0 aromatic carbocycles. The number of aryl methyl sites for hydroxylation is 2. The summed E-state index contributed by atoms with van der Waals surface area (Å²) in [4.78, 5) is 25.3. The van der Waals surface area contributed by atoms with Crippen LogP contribution >= 0.6 is 0 Å². The van der Waals surface area contributed by atoms with E-state index in [1.807, 2.05) is 26.0 Å². The van der Waals surface area contributed by atoms with Gasteiger partial charge in [0.05, 0.1) is 23.7 Å². The van der Waals surface area contributed by atoms with Gasteiger partial charge < -0.3 is 15.5 Å². The first kappa shape index (κ1) is 16.4. The third-order valence-corrected chi connectivity index (χ3v) is 3.43. The van der Waals surface area contributed by atoms with Crippen molar-refractivity contribution >= 4 is 17.2 Å². The molecule has 0 spiro atoms. The maximum atomic E-state index is 12.5. The lowest BCUT2D eigenvalue weighted by molar-refractivity contribution is -0.111. The average molecular weight is 335 g/mol. The predicted octanol–water partition coefficient (Wildman–Crippen LogP) is 2.69. The molecular formula is C18H17N5O2. The zero-order valence-corrected chi connectivity index (χ0v) is 13.9. The molecule has 3 rings (SSSR count). The van der Waals surface area contributed by atoms with Crippen molar-refractivity contribution in [2.24, 2.45) is 5.73 Å². The number of aromatic nitrogens is 3. The Kier molecular flexibility index (Phi) is 4.56. The number of furan rings is 1. The number of amides is 1. The Bertz CT molecular complexity index is 895. The summed E-state index contributed by atoms with van der Waals surface area (Å²) in [5, 5.41) is 2.74. The van der Waals surface area contributed by atoms with E-state index < -0.39 is 5.91 Å². The van der Waals surface area contributed by atoms with Crippen molar-refractivity contribution in [1.82, 2.24) is 15.0 Å². The maximum Gasteiger partial charge on any atom is 0.261 e. The van der Waals surface area contributed by atoms with E-state index in [1.54, 1.807) is 30.7 Å². The third kappa shape index (κ3) is 3.72. The van der Waals surface area contributed by atoms with Crippen molar-refractivity contribution in [3.63, 3.8) is 0 Å². The van der Waals surface area contributed by atoms with Crippen LogP contribution in [0.15, 0.2) is 53.4 Å². The summed E-state index contributed by atoms with van der Waals surface area (Å²) < 4.78 is 5.28. The zero-order valence-electron chi connectivity index (χ0n) is 13.9. The predicted molar refractivity (Wildman–Crippen MR) is 94.2 cm³/mol. The number of pyridine rings is 1. The van der Waals surface area contributed by atoms with Gasteiger partial charge in [0.15, 0.2) is 11.6 Å². The summed E-state index contributed by atoms with van der Waals surface area (Å²) in [6, 6.07) is 8.92. The summed E-state index contributed by atoms with van der Waals surface area (Å²) in [6.45, 7) is 3.67. The first-order valence-electron chi connectivity index (χ1n) is 7.62. The van der Waals surface area contributed by atoms with Gasteiger partial charge in [-0.1, -0.05) is 0 Å². The van der Waals surface area contributed by atoms with E-state index in [0.717, 1.165) is 11.4 Å². The second kappa shape index (κ2) is 6.96. The Labute approximate surface area is 144 Å². The van der Waals surface area contributed by atoms with E-state index >= 15 is 0 Å². The highest BCUT2D eigenvalue weighted by atomic mass is 16.3. The van der Waals surface area contributed by atoms with Crippen LogP contribution in [0.2, 0.25) is 0 Å². The van der Waals surface area contributed by atoms with Gasteiger partial charge in [-0.15, -0.1) is 0 Å². The first-order valence-corrected chi connectivity index (χ1v) is 7.62. The van der Waals surface area contributed by atoms with Gasteiger partial charge in [-0.2, -0.15) is 0 Å². The van der Waals surface area contributed by atoms with E-state index in [4.69, 9.17) is 10.2 Å². The lowest BCUT2D eigenvalue weighted by Gasteiger charge is -2.09. The van der Waals surface area contributed by atoms with Gasteiger partial charge in [0.25, 0.3) is 5.91 Å². The number of rotatable bonds is 4. The van der Waals surface area contributed by atoms with Gasteiger partial charge in [-0.25, -0.2) is 9.97 Å². The molecule has 1 amide bonds. The van der Waals surface area contributed by atoms with Crippen LogP contribution in [0.3, 0.4) is 0 Å². The van der Waals surface area contributed by atoms with Gasteiger partial charge in [0.1, 0.15) is 5.69 Å². The van der Waals surface area contributed by atoms with E-state index in [1.165, 1.54) is 6.20 Å². The molecule has 7 heteroatoms. The smallest absolute Gasteiger partial charge is 0.261 e. The molecular weight excluding hydrogens is 318 g/mol. The highest BCUT2D eigenvalue weighted by molar-refractivity contribution is 6.24. The van der Waals surface area contributed by atoms with Crippen LogP contribution in [0.4, 0.5) is 5.69 Å². The molecule has 0 aliphatic heterocycles. The van der Waals surface area contributed by atoms with Gasteiger partial charge in [0.2, 0.25) is 0 Å². The molecule has 25 heavy (non-hydrogen) atoms. The van der Waals surface area contributed by atoms with Crippen molar-refractivity contribution in [2.45, 2.75) is 13.8 Å². The minimum Gasteiger partial charge on any atom is -0.463 e. The fourth-order valence-corrected chi connectivity index (χ4v) is 2.33. The largest absolute Gasteiger partial charge is 0.463 e. The molecule has 0 atom stereocenters. The molecule has 0 aliphatic carbocycles.